The zero-order valence-corrected chi connectivity index (χ0v) is 15.5. The van der Waals surface area contributed by atoms with Crippen molar-refractivity contribution in [2.45, 2.75) is 40.1 Å². The van der Waals surface area contributed by atoms with Crippen LogP contribution >= 0.6 is 43.0 Å². The van der Waals surface area contributed by atoms with Crippen molar-refractivity contribution in [2.24, 2.45) is 23.2 Å². The van der Waals surface area contributed by atoms with E-state index in [4.69, 9.17) is 9.47 Å². The van der Waals surface area contributed by atoms with Crippen LogP contribution in [0.3, 0.4) is 0 Å². The molecule has 0 radical (unpaired) electrons. The van der Waals surface area contributed by atoms with E-state index in [2.05, 4.69) is 36.6 Å². The summed E-state index contributed by atoms with van der Waals surface area (Å²) in [6.07, 6.45) is 3.62. The van der Waals surface area contributed by atoms with E-state index in [1.807, 2.05) is 0 Å². The number of hydrogen-bond acceptors (Lipinski definition) is 5. The Morgan fingerprint density at radius 1 is 1.50 bits per heavy atom. The van der Waals surface area contributed by atoms with Crippen LogP contribution in [-0.2, 0) is 14.3 Å². The molecule has 112 valence electrons. The van der Waals surface area contributed by atoms with Gasteiger partial charge >= 0.3 is 140 Å². The Labute approximate surface area is 139 Å². The molecule has 3 aliphatic heterocycles. The summed E-state index contributed by atoms with van der Waals surface area (Å²) in [5, 5.41) is 0. The van der Waals surface area contributed by atoms with Crippen molar-refractivity contribution in [1.82, 2.24) is 7.06 Å². The van der Waals surface area contributed by atoms with Gasteiger partial charge < -0.3 is 0 Å². The van der Waals surface area contributed by atoms with Gasteiger partial charge in [-0.3, -0.25) is 0 Å². The van der Waals surface area contributed by atoms with Gasteiger partial charge in [0.05, 0.1) is 0 Å². The Bertz CT molecular complexity index is 498. The van der Waals surface area contributed by atoms with Crippen LogP contribution in [0.2, 0.25) is 0 Å². The molecule has 5 rings (SSSR count). The molecule has 5 fully saturated rings. The Morgan fingerprint density at radius 2 is 2.25 bits per heavy atom. The molecule has 2 bridgehead atoms. The maximum absolute atomic E-state index is 12.4. The minimum absolute atomic E-state index is 0.00481. The number of alkyl halides is 2. The number of carbonyl (C=O) groups excluding carboxylic acids is 1. The summed E-state index contributed by atoms with van der Waals surface area (Å²) in [4.78, 5) is 12.4. The van der Waals surface area contributed by atoms with Crippen molar-refractivity contribution in [1.29, 1.82) is 0 Å². The number of rotatable bonds is 3. The number of hydrogen-bond donors (Lipinski definition) is 2. The molecule has 0 amide bonds. The molecule has 0 aromatic carbocycles. The molecule has 0 aromatic rings. The summed E-state index contributed by atoms with van der Waals surface area (Å²) in [6, 6.07) is 0. The molecular weight excluding hydrogens is 486 g/mol. The van der Waals surface area contributed by atoms with Gasteiger partial charge in [-0.15, -0.1) is 0 Å². The molecule has 2 aliphatic carbocycles. The van der Waals surface area contributed by atoms with Gasteiger partial charge in [-0.05, 0) is 0 Å². The van der Waals surface area contributed by atoms with Crippen molar-refractivity contribution in [2.75, 3.05) is 6.61 Å². The molecule has 0 spiro atoms. The first-order valence-corrected chi connectivity index (χ1v) is 11.8. The Morgan fingerprint density at radius 3 is 2.95 bits per heavy atom. The van der Waals surface area contributed by atoms with Crippen molar-refractivity contribution >= 4 is 48.9 Å². The zero-order chi connectivity index (χ0) is 13.7. The van der Waals surface area contributed by atoms with Crippen LogP contribution in [-0.4, -0.2) is 26.5 Å². The predicted molar refractivity (Wildman–Crippen MR) is 89.1 cm³/mol. The van der Waals surface area contributed by atoms with Gasteiger partial charge in [-0.25, -0.2) is 0 Å². The van der Waals surface area contributed by atoms with E-state index >= 15 is 0 Å². The Balaban J connectivity index is 1.33. The molecule has 5 nitrogen and oxygen atoms in total. The van der Waals surface area contributed by atoms with Crippen molar-refractivity contribution in [3.05, 3.63) is 0 Å². The second-order valence-electron chi connectivity index (χ2n) is 6.89. The van der Waals surface area contributed by atoms with Crippen LogP contribution < -0.4 is 7.06 Å². The summed E-state index contributed by atoms with van der Waals surface area (Å²) in [6.45, 7) is 3.07. The number of halogens is 2. The van der Waals surface area contributed by atoms with Gasteiger partial charge in [-0.1, -0.05) is 0 Å². The third kappa shape index (κ3) is 1.51. The molecule has 0 aromatic heterocycles. The van der Waals surface area contributed by atoms with Crippen molar-refractivity contribution in [3.63, 3.8) is 0 Å². The van der Waals surface area contributed by atoms with Crippen LogP contribution in [0.5, 0.6) is 0 Å². The number of esters is 1. The number of ether oxygens (including phenoxy) is 2. The Hall–Kier alpha value is 0.810. The molecule has 3 heterocycles. The third-order valence-corrected chi connectivity index (χ3v) is 13.3. The zero-order valence-electron chi connectivity index (χ0n) is 11.2. The van der Waals surface area contributed by atoms with Crippen LogP contribution in [0.4, 0.5) is 0 Å². The quantitative estimate of drug-likeness (QED) is 0.154. The fourth-order valence-corrected chi connectivity index (χ4v) is 12.1. The van der Waals surface area contributed by atoms with E-state index in [1.54, 1.807) is 0 Å². The van der Waals surface area contributed by atoms with Gasteiger partial charge in [0.15, 0.2) is 0 Å². The molecule has 20 heavy (non-hydrogen) atoms. The van der Waals surface area contributed by atoms with E-state index in [1.165, 1.54) is 19.3 Å². The summed E-state index contributed by atoms with van der Waals surface area (Å²) in [7, 11) is 0. The predicted octanol–water partition coefficient (Wildman–Crippen LogP) is 1.94. The van der Waals surface area contributed by atoms with Crippen molar-refractivity contribution in [3.8, 4) is 0 Å². The first kappa shape index (κ1) is 13.3. The maximum atomic E-state index is 12.4. The first-order chi connectivity index (χ1) is 9.55. The van der Waals surface area contributed by atoms with Crippen molar-refractivity contribution < 1.29 is 14.3 Å². The fourth-order valence-electron chi connectivity index (χ4n) is 4.73. The Kier molecular flexibility index (Phi) is 2.66. The second kappa shape index (κ2) is 4.01. The van der Waals surface area contributed by atoms with E-state index in [0.717, 1.165) is 12.5 Å². The molecule has 5 unspecified atom stereocenters. The van der Waals surface area contributed by atoms with Gasteiger partial charge in [0, 0.05) is 0 Å². The fraction of sp³-hybridized carbons (Fsp3) is 0.923. The summed E-state index contributed by atoms with van der Waals surface area (Å²) < 4.78 is 18.4. The monoisotopic (exact) mass is 504 g/mol. The average Bonchev–Trinajstić information content (AvgIpc) is 3.10. The van der Waals surface area contributed by atoms with Crippen LogP contribution in [0, 0.1) is 23.2 Å². The molecule has 2 N–H and O–H groups in total. The van der Waals surface area contributed by atoms with E-state index in [9.17, 15) is 4.79 Å². The third-order valence-electron chi connectivity index (χ3n) is 6.13. The van der Waals surface area contributed by atoms with Gasteiger partial charge in [0.25, 0.3) is 0 Å². The van der Waals surface area contributed by atoms with Gasteiger partial charge in [0.1, 0.15) is 0 Å². The number of fused-ring (bicyclic) bond motifs is 6. The number of nitrogens with one attached hydrogen (secondary N) is 2. The van der Waals surface area contributed by atoms with Crippen LogP contribution in [0.15, 0.2) is 0 Å². The topological polar surface area (TPSA) is 79.4 Å². The average molecular weight is 504 g/mol. The van der Waals surface area contributed by atoms with Gasteiger partial charge in [0.2, 0.25) is 0 Å². The second-order valence-corrected chi connectivity index (χ2v) is 12.5. The first-order valence-electron chi connectivity index (χ1n) is 7.27. The molecular formula is C13H18I2N2O3. The van der Waals surface area contributed by atoms with E-state index in [0.29, 0.717) is 11.8 Å². The van der Waals surface area contributed by atoms with Gasteiger partial charge in [-0.2, -0.15) is 0 Å². The van der Waals surface area contributed by atoms with Crippen LogP contribution in [0.25, 0.3) is 0 Å². The summed E-state index contributed by atoms with van der Waals surface area (Å²) in [5.41, 5.74) is 0.0683. The minimum atomic E-state index is -1.08. The molecule has 5 aliphatic rings. The van der Waals surface area contributed by atoms with E-state index in [-0.39, 0.29) is 25.3 Å². The molecule has 3 saturated heterocycles. The number of carbonyl (C=O) groups is 1. The SMILES string of the molecule is CC12C3CCC(C3)[C@@H]1COC2OC(=O)C(I)C12NI1N2. The van der Waals surface area contributed by atoms with E-state index < -0.39 is 20.4 Å². The summed E-state index contributed by atoms with van der Waals surface area (Å²) >= 11 is 1.14. The molecule has 6 atom stereocenters. The molecule has 7 heteroatoms. The normalized spacial score (nSPS) is 52.4. The molecule has 2 saturated carbocycles. The summed E-state index contributed by atoms with van der Waals surface area (Å²) in [5.74, 6) is 1.99. The standard InChI is InChI=1S/C13H18I2N2O3/c1-12-7-3-2-6(4-7)8(12)5-19-11(12)20-10(18)9(14)13-15(16-13)17-13/h6-9,11,16-17H,2-5H2,1H3/t6?,7?,8-,9?,11?,12?/m0/s1. The van der Waals surface area contributed by atoms with Crippen LogP contribution in [0.1, 0.15) is 26.2 Å².